The first-order valence-electron chi connectivity index (χ1n) is 7.50. The minimum atomic E-state index is 0.883. The quantitative estimate of drug-likeness (QED) is 0.496. The van der Waals surface area contributed by atoms with Gasteiger partial charge in [0.05, 0.1) is 0 Å². The lowest BCUT2D eigenvalue weighted by atomic mass is 10.1. The Labute approximate surface area is 133 Å². The zero-order valence-corrected chi connectivity index (χ0v) is 14.5. The molecule has 4 heteroatoms. The molecule has 0 atom stereocenters. The molecule has 21 heavy (non-hydrogen) atoms. The van der Waals surface area contributed by atoms with E-state index in [1.807, 2.05) is 0 Å². The molecule has 0 aliphatic rings. The number of hydrogen-bond acceptors (Lipinski definition) is 3. The van der Waals surface area contributed by atoms with Gasteiger partial charge in [0.25, 0.3) is 0 Å². The minimum absolute atomic E-state index is 0.883. The van der Waals surface area contributed by atoms with Gasteiger partial charge in [-0.25, -0.2) is 4.98 Å². The van der Waals surface area contributed by atoms with Crippen LogP contribution in [0.1, 0.15) is 53.4 Å². The number of aromatic amines is 1. The molecule has 0 amide bonds. The topological polar surface area (TPSA) is 41.6 Å². The maximum atomic E-state index is 4.09. The lowest BCUT2D eigenvalue weighted by Crippen LogP contribution is -1.83. The highest BCUT2D eigenvalue weighted by atomic mass is 32.2. The fourth-order valence-corrected chi connectivity index (χ4v) is 2.63. The first kappa shape index (κ1) is 17.8. The Morgan fingerprint density at radius 1 is 1.05 bits per heavy atom. The molecule has 0 unspecified atom stereocenters. The Bertz CT molecular complexity index is 480. The Morgan fingerprint density at radius 2 is 1.71 bits per heavy atom. The largest absolute Gasteiger partial charge is 0.254 e. The number of rotatable bonds is 9. The molecule has 116 valence electrons. The van der Waals surface area contributed by atoms with E-state index < -0.39 is 0 Å². The van der Waals surface area contributed by atoms with E-state index in [4.69, 9.17) is 0 Å². The van der Waals surface area contributed by atoms with Gasteiger partial charge in [-0.1, -0.05) is 46.7 Å². The number of H-pyrrole nitrogens is 1. The summed E-state index contributed by atoms with van der Waals surface area (Å²) < 4.78 is 0. The summed E-state index contributed by atoms with van der Waals surface area (Å²) in [5.74, 6) is 0.949. The van der Waals surface area contributed by atoms with Crippen molar-refractivity contribution in [2.24, 2.45) is 0 Å². The van der Waals surface area contributed by atoms with Crippen LogP contribution in [-0.2, 0) is 0 Å². The van der Waals surface area contributed by atoms with Crippen molar-refractivity contribution in [3.63, 3.8) is 0 Å². The second-order valence-electron chi connectivity index (χ2n) is 5.56. The Kier molecular flexibility index (Phi) is 8.83. The van der Waals surface area contributed by atoms with E-state index >= 15 is 0 Å². The number of nitrogens with one attached hydrogen (secondary N) is 1. The SMILES string of the molecule is CC(C)=CCC/C(C)=C/CC/C(C)=C\CSc1ncn[nH]1. The molecule has 0 spiro atoms. The van der Waals surface area contributed by atoms with Gasteiger partial charge < -0.3 is 0 Å². The smallest absolute Gasteiger partial charge is 0.183 e. The van der Waals surface area contributed by atoms with Gasteiger partial charge in [-0.3, -0.25) is 5.10 Å². The third kappa shape index (κ3) is 9.29. The zero-order chi connectivity index (χ0) is 15.5. The van der Waals surface area contributed by atoms with Gasteiger partial charge >= 0.3 is 0 Å². The summed E-state index contributed by atoms with van der Waals surface area (Å²) in [5.41, 5.74) is 4.34. The maximum absolute atomic E-state index is 4.09. The number of thioether (sulfide) groups is 1. The van der Waals surface area contributed by atoms with Crippen molar-refractivity contribution in [2.75, 3.05) is 5.75 Å². The predicted molar refractivity (Wildman–Crippen MR) is 92.5 cm³/mol. The van der Waals surface area contributed by atoms with E-state index in [0.717, 1.165) is 30.2 Å². The summed E-state index contributed by atoms with van der Waals surface area (Å²) in [5, 5.41) is 7.57. The number of hydrogen-bond donors (Lipinski definition) is 1. The molecule has 0 saturated carbocycles. The van der Waals surface area contributed by atoms with Crippen LogP contribution in [0.15, 0.2) is 46.4 Å². The highest BCUT2D eigenvalue weighted by Crippen LogP contribution is 2.14. The lowest BCUT2D eigenvalue weighted by Gasteiger charge is -2.01. The molecule has 1 aromatic rings. The standard InChI is InChI=1S/C17H27N3S/c1-14(2)7-5-8-15(3)9-6-10-16(4)11-12-21-17-18-13-19-20-17/h7,9,11,13H,5-6,8,10,12H2,1-4H3,(H,18,19,20)/b15-9+,16-11-. The highest BCUT2D eigenvalue weighted by Gasteiger charge is 1.95. The van der Waals surface area contributed by atoms with Crippen LogP contribution in [0.4, 0.5) is 0 Å². The van der Waals surface area contributed by atoms with E-state index in [0.29, 0.717) is 0 Å². The van der Waals surface area contributed by atoms with Crippen molar-refractivity contribution < 1.29 is 0 Å². The lowest BCUT2D eigenvalue weighted by molar-refractivity contribution is 0.917. The molecule has 0 fully saturated rings. The monoisotopic (exact) mass is 305 g/mol. The fraction of sp³-hybridized carbons (Fsp3) is 0.529. The van der Waals surface area contributed by atoms with Crippen LogP contribution in [0.3, 0.4) is 0 Å². The average molecular weight is 305 g/mol. The second kappa shape index (κ2) is 10.4. The summed E-state index contributed by atoms with van der Waals surface area (Å²) in [4.78, 5) is 4.09. The summed E-state index contributed by atoms with van der Waals surface area (Å²) in [6, 6.07) is 0. The van der Waals surface area contributed by atoms with E-state index in [2.05, 4.69) is 61.1 Å². The molecule has 0 radical (unpaired) electrons. The van der Waals surface area contributed by atoms with E-state index in [9.17, 15) is 0 Å². The average Bonchev–Trinajstić information content (AvgIpc) is 2.91. The van der Waals surface area contributed by atoms with Crippen molar-refractivity contribution >= 4 is 11.8 Å². The van der Waals surface area contributed by atoms with Gasteiger partial charge in [0.2, 0.25) is 0 Å². The molecule has 0 aromatic carbocycles. The summed E-state index contributed by atoms with van der Waals surface area (Å²) in [6.45, 7) is 8.75. The molecular weight excluding hydrogens is 278 g/mol. The summed E-state index contributed by atoms with van der Waals surface area (Å²) >= 11 is 1.68. The van der Waals surface area contributed by atoms with Gasteiger partial charge in [0, 0.05) is 5.75 Å². The van der Waals surface area contributed by atoms with Crippen molar-refractivity contribution in [2.45, 2.75) is 58.5 Å². The molecule has 1 aromatic heterocycles. The Balaban J connectivity index is 2.19. The normalized spacial score (nSPS) is 12.6. The minimum Gasteiger partial charge on any atom is -0.254 e. The zero-order valence-electron chi connectivity index (χ0n) is 13.6. The molecule has 0 saturated heterocycles. The van der Waals surface area contributed by atoms with Crippen molar-refractivity contribution in [1.29, 1.82) is 0 Å². The molecule has 0 aliphatic heterocycles. The van der Waals surface area contributed by atoms with Gasteiger partial charge in [0.15, 0.2) is 5.16 Å². The van der Waals surface area contributed by atoms with Gasteiger partial charge in [-0.05, 0) is 53.4 Å². The molecule has 3 nitrogen and oxygen atoms in total. The van der Waals surface area contributed by atoms with Crippen molar-refractivity contribution in [1.82, 2.24) is 15.2 Å². The first-order chi connectivity index (χ1) is 10.1. The first-order valence-corrected chi connectivity index (χ1v) is 8.49. The van der Waals surface area contributed by atoms with Gasteiger partial charge in [-0.15, -0.1) is 0 Å². The van der Waals surface area contributed by atoms with Crippen LogP contribution in [0.5, 0.6) is 0 Å². The maximum Gasteiger partial charge on any atom is 0.183 e. The van der Waals surface area contributed by atoms with Crippen LogP contribution in [0, 0.1) is 0 Å². The molecular formula is C17H27N3S. The molecule has 0 bridgehead atoms. The van der Waals surface area contributed by atoms with E-state index in [1.165, 1.54) is 23.1 Å². The second-order valence-corrected chi connectivity index (χ2v) is 6.57. The van der Waals surface area contributed by atoms with E-state index in [-0.39, 0.29) is 0 Å². The summed E-state index contributed by atoms with van der Waals surface area (Å²) in [7, 11) is 0. The van der Waals surface area contributed by atoms with Gasteiger partial charge in [0.1, 0.15) is 6.33 Å². The fourth-order valence-electron chi connectivity index (χ4n) is 1.87. The Hall–Kier alpha value is -1.29. The van der Waals surface area contributed by atoms with Crippen molar-refractivity contribution in [3.05, 3.63) is 41.3 Å². The van der Waals surface area contributed by atoms with Crippen molar-refractivity contribution in [3.8, 4) is 0 Å². The molecule has 1 rings (SSSR count). The Morgan fingerprint density at radius 3 is 2.33 bits per heavy atom. The van der Waals surface area contributed by atoms with Crippen LogP contribution in [-0.4, -0.2) is 20.9 Å². The summed E-state index contributed by atoms with van der Waals surface area (Å²) in [6.07, 6.45) is 13.1. The van der Waals surface area contributed by atoms with Crippen LogP contribution >= 0.6 is 11.8 Å². The van der Waals surface area contributed by atoms with Crippen LogP contribution < -0.4 is 0 Å². The van der Waals surface area contributed by atoms with E-state index in [1.54, 1.807) is 18.1 Å². The number of nitrogens with zero attached hydrogens (tertiary/aromatic N) is 2. The third-order valence-corrected chi connectivity index (χ3v) is 3.97. The van der Waals surface area contributed by atoms with Crippen LogP contribution in [0.2, 0.25) is 0 Å². The van der Waals surface area contributed by atoms with Crippen LogP contribution in [0.25, 0.3) is 0 Å². The molecule has 1 N–H and O–H groups in total. The predicted octanol–water partition coefficient (Wildman–Crippen LogP) is 5.32. The van der Waals surface area contributed by atoms with Gasteiger partial charge in [-0.2, -0.15) is 5.10 Å². The molecule has 1 heterocycles. The third-order valence-electron chi connectivity index (χ3n) is 3.17. The highest BCUT2D eigenvalue weighted by molar-refractivity contribution is 7.99. The molecule has 0 aliphatic carbocycles. The number of aromatic nitrogens is 3. The number of allylic oxidation sites excluding steroid dienone is 5.